The summed E-state index contributed by atoms with van der Waals surface area (Å²) in [6.07, 6.45) is 4.86. The molecule has 1 aromatic heterocycles. The Balaban J connectivity index is 1.44. The van der Waals surface area contributed by atoms with Gasteiger partial charge in [-0.1, -0.05) is 42.3 Å². The highest BCUT2D eigenvalue weighted by Gasteiger charge is 2.16. The van der Waals surface area contributed by atoms with Gasteiger partial charge in [0.15, 0.2) is 0 Å². The van der Waals surface area contributed by atoms with E-state index in [4.69, 9.17) is 21.3 Å². The third kappa shape index (κ3) is 4.45. The van der Waals surface area contributed by atoms with Crippen LogP contribution in [0.3, 0.4) is 0 Å². The van der Waals surface area contributed by atoms with E-state index in [-0.39, 0.29) is 0 Å². The third-order valence-corrected chi connectivity index (χ3v) is 5.48. The van der Waals surface area contributed by atoms with E-state index in [2.05, 4.69) is 33.7 Å². The van der Waals surface area contributed by atoms with Crippen LogP contribution in [0.15, 0.2) is 48.5 Å². The van der Waals surface area contributed by atoms with E-state index in [9.17, 15) is 0 Å². The van der Waals surface area contributed by atoms with Gasteiger partial charge in [-0.25, -0.2) is 4.98 Å². The number of hydrogen-bond donors (Lipinski definition) is 0. The Morgan fingerprint density at radius 3 is 2.59 bits per heavy atom. The second-order valence-electron chi connectivity index (χ2n) is 7.14. The molecule has 0 radical (unpaired) electrons. The fraction of sp³-hybridized carbons (Fsp3) is 0.409. The molecule has 0 atom stereocenters. The molecule has 0 saturated carbocycles. The Kier molecular flexibility index (Phi) is 5.95. The van der Waals surface area contributed by atoms with Gasteiger partial charge in [0.2, 0.25) is 0 Å². The normalized spacial score (nSPS) is 15.3. The van der Waals surface area contributed by atoms with Crippen LogP contribution in [-0.2, 0) is 13.1 Å². The van der Waals surface area contributed by atoms with Crippen LogP contribution in [-0.4, -0.2) is 34.1 Å². The number of aryl methyl sites for hydroxylation is 1. The molecule has 2 aromatic carbocycles. The molecular formula is C22H26ClN3O. The lowest BCUT2D eigenvalue weighted by atomic mass is 10.1. The van der Waals surface area contributed by atoms with Crippen LogP contribution in [0.2, 0.25) is 5.02 Å². The number of fused-ring (bicyclic) bond motifs is 1. The Morgan fingerprint density at radius 1 is 0.963 bits per heavy atom. The highest BCUT2D eigenvalue weighted by Crippen LogP contribution is 2.24. The van der Waals surface area contributed by atoms with E-state index < -0.39 is 0 Å². The van der Waals surface area contributed by atoms with Crippen molar-refractivity contribution in [2.24, 2.45) is 0 Å². The summed E-state index contributed by atoms with van der Waals surface area (Å²) < 4.78 is 8.22. The maximum Gasteiger partial charge on any atom is 0.137 e. The first kappa shape index (κ1) is 18.3. The lowest BCUT2D eigenvalue weighted by Crippen LogP contribution is -2.30. The molecule has 1 saturated heterocycles. The quantitative estimate of drug-likeness (QED) is 0.529. The first-order chi connectivity index (χ1) is 13.3. The monoisotopic (exact) mass is 383 g/mol. The number of aromatic nitrogens is 2. The summed E-state index contributed by atoms with van der Waals surface area (Å²) in [6, 6.07) is 16.0. The first-order valence-corrected chi connectivity index (χ1v) is 10.2. The minimum absolute atomic E-state index is 0.638. The summed E-state index contributed by atoms with van der Waals surface area (Å²) in [6.45, 7) is 4.82. The summed E-state index contributed by atoms with van der Waals surface area (Å²) in [4.78, 5) is 7.45. The lowest BCUT2D eigenvalue weighted by molar-refractivity contribution is 0.212. The standard InChI is InChI=1S/C22H26ClN3O/c23-18-9-2-5-12-21(18)27-16-8-15-26-20-11-4-3-10-19(20)24-22(26)17-25-13-6-1-7-14-25/h2-5,9-12H,1,6-8,13-17H2. The zero-order valence-corrected chi connectivity index (χ0v) is 16.4. The van der Waals surface area contributed by atoms with Crippen molar-refractivity contribution in [3.8, 4) is 5.75 Å². The van der Waals surface area contributed by atoms with Gasteiger partial charge in [0, 0.05) is 6.54 Å². The maximum atomic E-state index is 6.17. The van der Waals surface area contributed by atoms with Gasteiger partial charge in [-0.3, -0.25) is 4.90 Å². The van der Waals surface area contributed by atoms with Crippen LogP contribution in [0, 0.1) is 0 Å². The average molecular weight is 384 g/mol. The van der Waals surface area contributed by atoms with Gasteiger partial charge < -0.3 is 9.30 Å². The van der Waals surface area contributed by atoms with Crippen LogP contribution in [0.5, 0.6) is 5.75 Å². The van der Waals surface area contributed by atoms with E-state index in [0.29, 0.717) is 11.6 Å². The molecule has 142 valence electrons. The van der Waals surface area contributed by atoms with Gasteiger partial charge in [0.25, 0.3) is 0 Å². The van der Waals surface area contributed by atoms with Crippen LogP contribution < -0.4 is 4.74 Å². The fourth-order valence-electron chi connectivity index (χ4n) is 3.78. The van der Waals surface area contributed by atoms with Crippen molar-refractivity contribution in [3.05, 3.63) is 59.4 Å². The Morgan fingerprint density at radius 2 is 1.74 bits per heavy atom. The molecule has 1 fully saturated rings. The number of rotatable bonds is 7. The molecule has 3 aromatic rings. The highest BCUT2D eigenvalue weighted by molar-refractivity contribution is 6.32. The SMILES string of the molecule is Clc1ccccc1OCCCn1c(CN2CCCCC2)nc2ccccc21. The van der Waals surface area contributed by atoms with Crippen molar-refractivity contribution in [1.29, 1.82) is 0 Å². The number of imidazole rings is 1. The molecular weight excluding hydrogens is 358 g/mol. The smallest absolute Gasteiger partial charge is 0.137 e. The van der Waals surface area contributed by atoms with Crippen LogP contribution in [0.4, 0.5) is 0 Å². The molecule has 1 aliphatic rings. The van der Waals surface area contributed by atoms with Gasteiger partial charge in [-0.2, -0.15) is 0 Å². The van der Waals surface area contributed by atoms with Crippen molar-refractivity contribution >= 4 is 22.6 Å². The zero-order chi connectivity index (χ0) is 18.5. The number of para-hydroxylation sites is 3. The molecule has 4 nitrogen and oxygen atoms in total. The molecule has 0 aliphatic carbocycles. The van der Waals surface area contributed by atoms with Crippen LogP contribution in [0.1, 0.15) is 31.5 Å². The van der Waals surface area contributed by atoms with Gasteiger partial charge in [0.05, 0.1) is 29.2 Å². The van der Waals surface area contributed by atoms with Crippen LogP contribution in [0.25, 0.3) is 11.0 Å². The van der Waals surface area contributed by atoms with Gasteiger partial charge in [0.1, 0.15) is 11.6 Å². The van der Waals surface area contributed by atoms with E-state index in [1.807, 2.05) is 24.3 Å². The highest BCUT2D eigenvalue weighted by atomic mass is 35.5. The number of piperidine rings is 1. The number of halogens is 1. The average Bonchev–Trinajstić information content (AvgIpc) is 3.04. The van der Waals surface area contributed by atoms with Gasteiger partial charge in [-0.05, 0) is 56.6 Å². The van der Waals surface area contributed by atoms with Crippen molar-refractivity contribution in [3.63, 3.8) is 0 Å². The predicted octanol–water partition coefficient (Wildman–Crippen LogP) is 5.14. The molecule has 5 heteroatoms. The number of ether oxygens (including phenoxy) is 1. The largest absolute Gasteiger partial charge is 0.492 e. The summed E-state index contributed by atoms with van der Waals surface area (Å²) in [5, 5.41) is 0.663. The van der Waals surface area contributed by atoms with Crippen molar-refractivity contribution < 1.29 is 4.74 Å². The van der Waals surface area contributed by atoms with E-state index >= 15 is 0 Å². The number of likely N-dealkylation sites (tertiary alicyclic amines) is 1. The molecule has 0 unspecified atom stereocenters. The van der Waals surface area contributed by atoms with E-state index in [0.717, 1.165) is 36.6 Å². The lowest BCUT2D eigenvalue weighted by Gasteiger charge is -2.26. The fourth-order valence-corrected chi connectivity index (χ4v) is 3.97. The van der Waals surface area contributed by atoms with E-state index in [1.165, 1.54) is 37.9 Å². The molecule has 27 heavy (non-hydrogen) atoms. The maximum absolute atomic E-state index is 6.17. The minimum Gasteiger partial charge on any atom is -0.492 e. The molecule has 0 spiro atoms. The summed E-state index contributed by atoms with van der Waals surface area (Å²) in [5.74, 6) is 1.92. The number of nitrogens with zero attached hydrogens (tertiary/aromatic N) is 3. The van der Waals surface area contributed by atoms with Crippen molar-refractivity contribution in [2.75, 3.05) is 19.7 Å². The summed E-state index contributed by atoms with van der Waals surface area (Å²) in [5.41, 5.74) is 2.29. The second kappa shape index (κ2) is 8.77. The van der Waals surface area contributed by atoms with Crippen molar-refractivity contribution in [2.45, 2.75) is 38.8 Å². The zero-order valence-electron chi connectivity index (χ0n) is 15.6. The molecule has 1 aliphatic heterocycles. The number of hydrogen-bond acceptors (Lipinski definition) is 3. The topological polar surface area (TPSA) is 30.3 Å². The minimum atomic E-state index is 0.638. The van der Waals surface area contributed by atoms with Gasteiger partial charge in [-0.15, -0.1) is 0 Å². The Hall–Kier alpha value is -2.04. The Labute approximate surface area is 165 Å². The molecule has 4 rings (SSSR count). The van der Waals surface area contributed by atoms with E-state index in [1.54, 1.807) is 0 Å². The van der Waals surface area contributed by atoms with Crippen molar-refractivity contribution in [1.82, 2.24) is 14.5 Å². The first-order valence-electron chi connectivity index (χ1n) is 9.85. The molecule has 2 heterocycles. The number of benzene rings is 2. The molecule has 0 amide bonds. The predicted molar refractivity (Wildman–Crippen MR) is 110 cm³/mol. The summed E-state index contributed by atoms with van der Waals surface area (Å²) in [7, 11) is 0. The Bertz CT molecular complexity index is 886. The second-order valence-corrected chi connectivity index (χ2v) is 7.54. The molecule has 0 N–H and O–H groups in total. The molecule has 0 bridgehead atoms. The van der Waals surface area contributed by atoms with Crippen LogP contribution >= 0.6 is 11.6 Å². The van der Waals surface area contributed by atoms with Gasteiger partial charge >= 0.3 is 0 Å². The third-order valence-electron chi connectivity index (χ3n) is 5.17. The summed E-state index contributed by atoms with van der Waals surface area (Å²) >= 11 is 6.17.